The van der Waals surface area contributed by atoms with Crippen LogP contribution in [0.5, 0.6) is 11.5 Å². The molecule has 0 spiro atoms. The molecule has 0 saturated carbocycles. The van der Waals surface area contributed by atoms with Gasteiger partial charge in [0.2, 0.25) is 0 Å². The molecule has 1 unspecified atom stereocenters. The van der Waals surface area contributed by atoms with Crippen molar-refractivity contribution in [2.24, 2.45) is 5.92 Å². The Balaban J connectivity index is 1.47. The first-order valence-electron chi connectivity index (χ1n) is 9.04. The van der Waals surface area contributed by atoms with Crippen molar-refractivity contribution in [3.8, 4) is 11.5 Å². The van der Waals surface area contributed by atoms with Gasteiger partial charge in [0.05, 0.1) is 13.7 Å². The molecule has 0 N–H and O–H groups in total. The average Bonchev–Trinajstić information content (AvgIpc) is 2.69. The number of benzene rings is 1. The number of nitrogens with zero attached hydrogens (tertiary/aromatic N) is 3. The van der Waals surface area contributed by atoms with Gasteiger partial charge < -0.3 is 14.2 Å². The van der Waals surface area contributed by atoms with Crippen LogP contribution in [0.4, 0.5) is 0 Å². The highest BCUT2D eigenvalue weighted by molar-refractivity contribution is 5.31. The van der Waals surface area contributed by atoms with Crippen molar-refractivity contribution in [3.63, 3.8) is 0 Å². The van der Waals surface area contributed by atoms with Crippen molar-refractivity contribution in [1.82, 2.24) is 14.9 Å². The van der Waals surface area contributed by atoms with Crippen molar-refractivity contribution in [3.05, 3.63) is 48.0 Å². The highest BCUT2D eigenvalue weighted by atomic mass is 16.5. The third kappa shape index (κ3) is 5.41. The summed E-state index contributed by atoms with van der Waals surface area (Å²) in [6.45, 7) is 4.22. The molecule has 1 fully saturated rings. The third-order valence-electron chi connectivity index (χ3n) is 4.59. The van der Waals surface area contributed by atoms with Crippen molar-refractivity contribution in [2.45, 2.75) is 26.0 Å². The zero-order valence-electron chi connectivity index (χ0n) is 15.6. The fourth-order valence-corrected chi connectivity index (χ4v) is 3.24. The molecule has 0 amide bonds. The molecule has 6 heteroatoms. The van der Waals surface area contributed by atoms with Gasteiger partial charge in [0.15, 0.2) is 5.82 Å². The number of rotatable bonds is 8. The van der Waals surface area contributed by atoms with Crippen LogP contribution in [0.2, 0.25) is 0 Å². The van der Waals surface area contributed by atoms with Crippen molar-refractivity contribution < 1.29 is 14.2 Å². The minimum Gasteiger partial charge on any atom is -0.497 e. The van der Waals surface area contributed by atoms with Crippen LogP contribution in [-0.4, -0.2) is 48.8 Å². The molecule has 3 rings (SSSR count). The van der Waals surface area contributed by atoms with E-state index >= 15 is 0 Å². The van der Waals surface area contributed by atoms with Crippen LogP contribution in [-0.2, 0) is 17.9 Å². The first-order chi connectivity index (χ1) is 12.8. The van der Waals surface area contributed by atoms with Gasteiger partial charge in [-0.3, -0.25) is 4.90 Å². The van der Waals surface area contributed by atoms with Crippen LogP contribution < -0.4 is 9.47 Å². The Bertz CT molecular complexity index is 661. The molecule has 1 saturated heterocycles. The van der Waals surface area contributed by atoms with Crippen LogP contribution in [0, 0.1) is 5.92 Å². The number of likely N-dealkylation sites (tertiary alicyclic amines) is 1. The number of hydrogen-bond acceptors (Lipinski definition) is 6. The summed E-state index contributed by atoms with van der Waals surface area (Å²) in [6.07, 6.45) is 6.20. The Labute approximate surface area is 155 Å². The smallest absolute Gasteiger partial charge is 0.153 e. The van der Waals surface area contributed by atoms with Gasteiger partial charge in [-0.25, -0.2) is 9.97 Å². The van der Waals surface area contributed by atoms with Gasteiger partial charge in [0.25, 0.3) is 0 Å². The number of methoxy groups -OCH3 is 2. The van der Waals surface area contributed by atoms with E-state index in [9.17, 15) is 0 Å². The van der Waals surface area contributed by atoms with E-state index in [0.29, 0.717) is 12.5 Å². The summed E-state index contributed by atoms with van der Waals surface area (Å²) in [5.41, 5.74) is 1.14. The van der Waals surface area contributed by atoms with Gasteiger partial charge in [-0.1, -0.05) is 0 Å². The largest absolute Gasteiger partial charge is 0.497 e. The maximum atomic E-state index is 5.97. The predicted molar refractivity (Wildman–Crippen MR) is 99.2 cm³/mol. The molecule has 0 radical (unpaired) electrons. The molecule has 1 aliphatic heterocycles. The van der Waals surface area contributed by atoms with Crippen LogP contribution in [0.1, 0.15) is 24.2 Å². The Kier molecular flexibility index (Phi) is 6.80. The second-order valence-corrected chi connectivity index (χ2v) is 6.67. The van der Waals surface area contributed by atoms with Crippen molar-refractivity contribution in [1.29, 1.82) is 0 Å². The zero-order valence-corrected chi connectivity index (χ0v) is 15.6. The van der Waals surface area contributed by atoms with Crippen LogP contribution in [0.25, 0.3) is 0 Å². The molecule has 6 nitrogen and oxygen atoms in total. The third-order valence-corrected chi connectivity index (χ3v) is 4.59. The minimum atomic E-state index is 0.453. The van der Waals surface area contributed by atoms with Gasteiger partial charge in [-0.15, -0.1) is 0 Å². The monoisotopic (exact) mass is 357 g/mol. The highest BCUT2D eigenvalue weighted by Crippen LogP contribution is 2.21. The summed E-state index contributed by atoms with van der Waals surface area (Å²) in [5, 5.41) is 0. The van der Waals surface area contributed by atoms with E-state index in [4.69, 9.17) is 14.2 Å². The summed E-state index contributed by atoms with van der Waals surface area (Å²) in [5.74, 6) is 3.00. The van der Waals surface area contributed by atoms with Crippen LogP contribution >= 0.6 is 0 Å². The van der Waals surface area contributed by atoms with E-state index < -0.39 is 0 Å². The first kappa shape index (κ1) is 18.6. The number of ether oxygens (including phenoxy) is 3. The average molecular weight is 357 g/mol. The Morgan fingerprint density at radius 2 is 1.81 bits per heavy atom. The summed E-state index contributed by atoms with van der Waals surface area (Å²) in [4.78, 5) is 11.1. The van der Waals surface area contributed by atoms with E-state index in [1.54, 1.807) is 14.2 Å². The van der Waals surface area contributed by atoms with E-state index in [1.165, 1.54) is 12.8 Å². The summed E-state index contributed by atoms with van der Waals surface area (Å²) < 4.78 is 16.2. The Hall–Kier alpha value is -2.18. The first-order valence-corrected chi connectivity index (χ1v) is 9.04. The summed E-state index contributed by atoms with van der Waals surface area (Å²) in [7, 11) is 3.32. The van der Waals surface area contributed by atoms with Crippen LogP contribution in [0.15, 0.2) is 36.7 Å². The van der Waals surface area contributed by atoms with Gasteiger partial charge in [0, 0.05) is 44.1 Å². The fraction of sp³-hybridized carbons (Fsp3) is 0.500. The van der Waals surface area contributed by atoms with Gasteiger partial charge in [-0.2, -0.15) is 0 Å². The van der Waals surface area contributed by atoms with E-state index in [-0.39, 0.29) is 0 Å². The lowest BCUT2D eigenvalue weighted by Crippen LogP contribution is -2.37. The van der Waals surface area contributed by atoms with Crippen molar-refractivity contribution >= 4 is 0 Å². The van der Waals surface area contributed by atoms with E-state index in [0.717, 1.165) is 49.1 Å². The molecular weight excluding hydrogens is 330 g/mol. The zero-order chi connectivity index (χ0) is 18.2. The Morgan fingerprint density at radius 3 is 2.50 bits per heavy atom. The lowest BCUT2D eigenvalue weighted by atomic mass is 9.98. The summed E-state index contributed by atoms with van der Waals surface area (Å²) in [6, 6.07) is 7.77. The Morgan fingerprint density at radius 1 is 1.08 bits per heavy atom. The second kappa shape index (κ2) is 9.50. The van der Waals surface area contributed by atoms with Gasteiger partial charge >= 0.3 is 0 Å². The minimum absolute atomic E-state index is 0.453. The lowest BCUT2D eigenvalue weighted by Gasteiger charge is -2.32. The quantitative estimate of drug-likeness (QED) is 0.724. The van der Waals surface area contributed by atoms with Gasteiger partial charge in [-0.05, 0) is 43.7 Å². The molecule has 1 aromatic heterocycles. The number of piperidine rings is 1. The molecule has 1 aromatic carbocycles. The maximum absolute atomic E-state index is 5.97. The molecule has 2 heterocycles. The van der Waals surface area contributed by atoms with Crippen molar-refractivity contribution in [2.75, 3.05) is 33.9 Å². The van der Waals surface area contributed by atoms with Crippen LogP contribution in [0.3, 0.4) is 0 Å². The molecule has 1 atom stereocenters. The van der Waals surface area contributed by atoms with E-state index in [2.05, 4.69) is 14.9 Å². The topological polar surface area (TPSA) is 56.7 Å². The molecule has 1 aliphatic rings. The summed E-state index contributed by atoms with van der Waals surface area (Å²) >= 11 is 0. The molecule has 2 aromatic rings. The fourth-order valence-electron chi connectivity index (χ4n) is 3.24. The molecular formula is C20H27N3O3. The molecule has 26 heavy (non-hydrogen) atoms. The van der Waals surface area contributed by atoms with Gasteiger partial charge in [0.1, 0.15) is 18.1 Å². The van der Waals surface area contributed by atoms with E-state index in [1.807, 2.05) is 36.7 Å². The number of aromatic nitrogens is 2. The predicted octanol–water partition coefficient (Wildman–Crippen LogP) is 2.92. The maximum Gasteiger partial charge on any atom is 0.153 e. The molecule has 0 bridgehead atoms. The number of hydrogen-bond donors (Lipinski definition) is 0. The lowest BCUT2D eigenvalue weighted by molar-refractivity contribution is 0.125. The SMILES string of the molecule is COCc1ncc(CN2CCCC(COc3ccc(OC)cc3)C2)cn1. The highest BCUT2D eigenvalue weighted by Gasteiger charge is 2.20. The normalized spacial score (nSPS) is 17.8. The molecule has 140 valence electrons. The standard InChI is InChI=1S/C20H27N3O3/c1-24-15-20-21-10-17(11-22-20)13-23-9-3-4-16(12-23)14-26-19-7-5-18(25-2)6-8-19/h5-8,10-11,16H,3-4,9,12-15H2,1-2H3. The second-order valence-electron chi connectivity index (χ2n) is 6.67. The molecule has 0 aliphatic carbocycles.